The van der Waals surface area contributed by atoms with Crippen molar-refractivity contribution in [3.63, 3.8) is 0 Å². The third-order valence-corrected chi connectivity index (χ3v) is 14.5. The molecule has 0 spiro atoms. The molecule has 0 aromatic heterocycles. The lowest BCUT2D eigenvalue weighted by atomic mass is 9.79. The zero-order valence-corrected chi connectivity index (χ0v) is 41.6. The van der Waals surface area contributed by atoms with Crippen molar-refractivity contribution in [3.8, 4) is 0 Å². The third kappa shape index (κ3) is 9.28. The first-order valence-corrected chi connectivity index (χ1v) is 23.9. The molecule has 0 saturated carbocycles. The minimum absolute atomic E-state index is 0. The molecule has 2 N–H and O–H groups in total. The molecule has 3 aliphatic rings. The van der Waals surface area contributed by atoms with Crippen molar-refractivity contribution in [2.45, 2.75) is 109 Å². The average Bonchev–Trinajstić information content (AvgIpc) is 3.85. The van der Waals surface area contributed by atoms with Crippen molar-refractivity contribution < 1.29 is 38.1 Å². The molecule has 0 unspecified atom stereocenters. The van der Waals surface area contributed by atoms with E-state index in [1.165, 1.54) is 71.5 Å². The van der Waals surface area contributed by atoms with Crippen LogP contribution >= 0.6 is 11.8 Å². The Kier molecular flexibility index (Phi) is 14.8. The lowest BCUT2D eigenvalue weighted by molar-refractivity contribution is -0.433. The summed E-state index contributed by atoms with van der Waals surface area (Å²) in [5, 5.41) is 11.2. The second kappa shape index (κ2) is 20.1. The number of rotatable bonds is 15. The summed E-state index contributed by atoms with van der Waals surface area (Å²) in [7, 11) is 0. The Labute approximate surface area is 402 Å². The van der Waals surface area contributed by atoms with E-state index in [0.717, 1.165) is 49.4 Å². The molecule has 8 heteroatoms. The molecule has 1 aliphatic carbocycles. The number of fused-ring (bicyclic) bond motifs is 6. The number of thioether (sulfide) groups is 1. The van der Waals surface area contributed by atoms with Gasteiger partial charge < -0.3 is 39.5 Å². The number of halogens is 1. The molecule has 2 amide bonds. The van der Waals surface area contributed by atoms with Crippen LogP contribution in [0.4, 0.5) is 17.1 Å². The molecular formula is C56H63IN4O2S. The second-order valence-corrected chi connectivity index (χ2v) is 19.2. The Morgan fingerprint density at radius 1 is 0.734 bits per heavy atom. The highest BCUT2D eigenvalue weighted by molar-refractivity contribution is 8.03. The van der Waals surface area contributed by atoms with Gasteiger partial charge in [0.05, 0.1) is 5.41 Å². The summed E-state index contributed by atoms with van der Waals surface area (Å²) >= 11 is 1.81. The van der Waals surface area contributed by atoms with E-state index in [2.05, 4.69) is 178 Å². The summed E-state index contributed by atoms with van der Waals surface area (Å²) in [6.07, 6.45) is 14.7. The van der Waals surface area contributed by atoms with Crippen LogP contribution in [-0.4, -0.2) is 41.7 Å². The van der Waals surface area contributed by atoms with Crippen LogP contribution in [-0.2, 0) is 20.4 Å². The van der Waals surface area contributed by atoms with E-state index in [1.54, 1.807) is 0 Å². The summed E-state index contributed by atoms with van der Waals surface area (Å²) in [4.78, 5) is 29.9. The number of carbonyl (C=O) groups is 2. The van der Waals surface area contributed by atoms with Gasteiger partial charge in [-0.25, -0.2) is 0 Å². The molecule has 0 saturated heterocycles. The number of carbonyl (C=O) groups excluding carboxylic acids is 2. The SMILES string of the molecule is CCCCNC(=O)CCCC(=O)Nc1ccc(SC2=C(/C=C/C3=[N+](CC)c4ccc5ccccc5c4C3(C)C)CC/C2=C\C=C2\N(CC)c3ccc4ccccc4c3C2(C)C)cc1.[I-]. The number of hydrogen-bond donors (Lipinski definition) is 2. The van der Waals surface area contributed by atoms with Gasteiger partial charge in [0.1, 0.15) is 6.54 Å². The molecule has 332 valence electrons. The Hall–Kier alpha value is -4.93. The van der Waals surface area contributed by atoms with Crippen LogP contribution in [0.15, 0.2) is 148 Å². The molecule has 64 heavy (non-hydrogen) atoms. The van der Waals surface area contributed by atoms with E-state index in [0.29, 0.717) is 25.8 Å². The number of likely N-dealkylation sites (N-methyl/N-ethyl adjacent to an activating group) is 1. The van der Waals surface area contributed by atoms with Crippen LogP contribution in [0.25, 0.3) is 21.5 Å². The van der Waals surface area contributed by atoms with E-state index >= 15 is 0 Å². The monoisotopic (exact) mass is 982 g/mol. The predicted octanol–water partition coefficient (Wildman–Crippen LogP) is 10.4. The van der Waals surface area contributed by atoms with Crippen LogP contribution in [0.3, 0.4) is 0 Å². The highest BCUT2D eigenvalue weighted by Crippen LogP contribution is 2.51. The Balaban J connectivity index is 0.00000612. The standard InChI is InChI=1S/C56H62N4O2S.HI/c1-8-11-37-57-50(61)21-16-22-51(62)58-42-29-31-43(32-30-42)63-54-40(27-35-48-55(4,5)52-44-19-14-12-17-38(44)25-33-46(52)59(48)9-2)23-24-41(54)28-36-49-56(6,7)53-45-20-15-13-18-39(45)26-34-47(53)60(49)10-3;/h12-15,17-20,25-36H,8-11,16,21-24,37H2,1-7H3,(H-,57,58,61,62);1H. The lowest BCUT2D eigenvalue weighted by Gasteiger charge is -2.26. The van der Waals surface area contributed by atoms with Crippen molar-refractivity contribution in [1.29, 1.82) is 0 Å². The van der Waals surface area contributed by atoms with Gasteiger partial charge in [-0.05, 0) is 134 Å². The molecular weight excluding hydrogens is 920 g/mol. The maximum Gasteiger partial charge on any atom is 0.224 e. The predicted molar refractivity (Wildman–Crippen MR) is 267 cm³/mol. The highest BCUT2D eigenvalue weighted by atomic mass is 127. The molecule has 8 rings (SSSR count). The molecule has 0 bridgehead atoms. The fourth-order valence-electron chi connectivity index (χ4n) is 10.1. The zero-order valence-electron chi connectivity index (χ0n) is 38.6. The van der Waals surface area contributed by atoms with Crippen molar-refractivity contribution in [1.82, 2.24) is 5.32 Å². The number of nitrogens with zero attached hydrogens (tertiary/aromatic N) is 2. The van der Waals surface area contributed by atoms with Gasteiger partial charge in [-0.3, -0.25) is 9.59 Å². The Morgan fingerprint density at radius 2 is 1.41 bits per heavy atom. The summed E-state index contributed by atoms with van der Waals surface area (Å²) in [6, 6.07) is 34.9. The minimum Gasteiger partial charge on any atom is -1.00 e. The molecule has 2 aliphatic heterocycles. The number of unbranched alkanes of at least 4 members (excludes halogenated alkanes) is 1. The van der Waals surface area contributed by atoms with Gasteiger partial charge in [-0.2, -0.15) is 4.58 Å². The largest absolute Gasteiger partial charge is 1.00 e. The Bertz CT molecular complexity index is 2740. The summed E-state index contributed by atoms with van der Waals surface area (Å²) < 4.78 is 2.50. The average molecular weight is 983 g/mol. The number of allylic oxidation sites excluding steroid dienone is 7. The van der Waals surface area contributed by atoms with E-state index in [-0.39, 0.29) is 46.6 Å². The van der Waals surface area contributed by atoms with Gasteiger partial charge in [0, 0.05) is 75.9 Å². The summed E-state index contributed by atoms with van der Waals surface area (Å²) in [6.45, 7) is 18.6. The molecule has 0 radical (unpaired) electrons. The summed E-state index contributed by atoms with van der Waals surface area (Å²) in [5.41, 5.74) is 11.2. The zero-order chi connectivity index (χ0) is 44.3. The Morgan fingerprint density at radius 3 is 2.09 bits per heavy atom. The number of nitrogens with one attached hydrogen (secondary N) is 2. The maximum atomic E-state index is 12.8. The number of hydrogen-bond acceptors (Lipinski definition) is 4. The number of anilines is 2. The molecule has 6 nitrogen and oxygen atoms in total. The van der Waals surface area contributed by atoms with Gasteiger partial charge in [0.15, 0.2) is 5.71 Å². The smallest absolute Gasteiger partial charge is 0.224 e. The van der Waals surface area contributed by atoms with Crippen molar-refractivity contribution in [3.05, 3.63) is 154 Å². The van der Waals surface area contributed by atoms with E-state index < -0.39 is 0 Å². The number of benzene rings is 5. The topological polar surface area (TPSA) is 64.5 Å². The first-order valence-electron chi connectivity index (χ1n) is 23.1. The van der Waals surface area contributed by atoms with Crippen molar-refractivity contribution in [2.75, 3.05) is 29.9 Å². The van der Waals surface area contributed by atoms with Crippen LogP contribution in [0, 0.1) is 0 Å². The molecule has 5 aromatic rings. The minimum atomic E-state index is -0.170. The van der Waals surface area contributed by atoms with Crippen molar-refractivity contribution >= 4 is 67.9 Å². The molecule has 0 fully saturated rings. The van der Waals surface area contributed by atoms with E-state index in [4.69, 9.17) is 0 Å². The van der Waals surface area contributed by atoms with Gasteiger partial charge in [0.2, 0.25) is 17.5 Å². The normalized spacial score (nSPS) is 17.5. The van der Waals surface area contributed by atoms with Gasteiger partial charge >= 0.3 is 0 Å². The summed E-state index contributed by atoms with van der Waals surface area (Å²) in [5.74, 6) is -0.0614. The van der Waals surface area contributed by atoms with E-state index in [1.807, 2.05) is 23.9 Å². The molecule has 5 aromatic carbocycles. The van der Waals surface area contributed by atoms with Crippen LogP contribution in [0.5, 0.6) is 0 Å². The van der Waals surface area contributed by atoms with Crippen molar-refractivity contribution in [2.24, 2.45) is 0 Å². The van der Waals surface area contributed by atoms with E-state index in [9.17, 15) is 9.59 Å². The highest BCUT2D eigenvalue weighted by Gasteiger charge is 2.45. The van der Waals surface area contributed by atoms with Crippen LogP contribution in [0.2, 0.25) is 0 Å². The second-order valence-electron chi connectivity index (χ2n) is 18.1. The van der Waals surface area contributed by atoms with Gasteiger partial charge in [-0.1, -0.05) is 106 Å². The first-order chi connectivity index (χ1) is 30.5. The lowest BCUT2D eigenvalue weighted by Crippen LogP contribution is -3.00. The first kappa shape index (κ1) is 47.0. The molecule has 0 atom stereocenters. The van der Waals surface area contributed by atoms with Crippen LogP contribution in [0.1, 0.15) is 105 Å². The molecule has 2 heterocycles. The van der Waals surface area contributed by atoms with Crippen LogP contribution < -0.4 is 39.5 Å². The van der Waals surface area contributed by atoms with Gasteiger partial charge in [0.25, 0.3) is 0 Å². The number of amides is 2. The quantitative estimate of drug-likeness (QED) is 0.0623. The fourth-order valence-corrected chi connectivity index (χ4v) is 11.2. The fraction of sp³-hybridized carbons (Fsp3) is 0.339. The third-order valence-electron chi connectivity index (χ3n) is 13.3. The van der Waals surface area contributed by atoms with Gasteiger partial charge in [-0.15, -0.1) is 0 Å². The maximum absolute atomic E-state index is 12.8.